The van der Waals surface area contributed by atoms with E-state index in [1.54, 1.807) is 0 Å². The van der Waals surface area contributed by atoms with Crippen molar-refractivity contribution in [2.45, 2.75) is 6.54 Å². The summed E-state index contributed by atoms with van der Waals surface area (Å²) in [5, 5.41) is 18.9. The van der Waals surface area contributed by atoms with E-state index >= 15 is 0 Å². The van der Waals surface area contributed by atoms with Gasteiger partial charge in [-0.15, -0.1) is 11.3 Å². The zero-order chi connectivity index (χ0) is 14.1. The van der Waals surface area contributed by atoms with E-state index in [2.05, 4.69) is 9.97 Å². The van der Waals surface area contributed by atoms with Crippen molar-refractivity contribution in [1.82, 2.24) is 14.5 Å². The summed E-state index contributed by atoms with van der Waals surface area (Å²) >= 11 is 1.53. The van der Waals surface area contributed by atoms with Gasteiger partial charge in [0.2, 0.25) is 5.95 Å². The molecule has 0 spiro atoms. The molecular weight excluding hydrogens is 272 g/mol. The van der Waals surface area contributed by atoms with Gasteiger partial charge in [-0.05, 0) is 12.1 Å². The van der Waals surface area contributed by atoms with Crippen LogP contribution >= 0.6 is 11.3 Å². The largest absolute Gasteiger partial charge is 0.369 e. The smallest absolute Gasteiger partial charge is 0.202 e. The highest BCUT2D eigenvalue weighted by molar-refractivity contribution is 7.18. The minimum absolute atomic E-state index is 0.0473. The SMILES string of the molecule is N#Cc1nc(N)n(Cc2nc3ccccc3s2)c1C#N. The molecule has 6 nitrogen and oxygen atoms in total. The van der Waals surface area contributed by atoms with Crippen molar-refractivity contribution in [3.05, 3.63) is 40.7 Å². The number of imidazole rings is 1. The molecule has 2 N–H and O–H groups in total. The molecule has 96 valence electrons. The maximum Gasteiger partial charge on any atom is 0.202 e. The molecule has 0 radical (unpaired) electrons. The van der Waals surface area contributed by atoms with E-state index < -0.39 is 0 Å². The second-order valence-corrected chi connectivity index (χ2v) is 5.17. The molecule has 0 atom stereocenters. The Morgan fingerprint density at radius 2 is 2.00 bits per heavy atom. The average molecular weight is 280 g/mol. The Morgan fingerprint density at radius 1 is 1.20 bits per heavy atom. The molecular formula is C13H8N6S. The van der Waals surface area contributed by atoms with Crippen LogP contribution in [0.1, 0.15) is 16.4 Å². The lowest BCUT2D eigenvalue weighted by atomic mass is 10.3. The van der Waals surface area contributed by atoms with E-state index in [-0.39, 0.29) is 17.3 Å². The quantitative estimate of drug-likeness (QED) is 0.771. The van der Waals surface area contributed by atoms with Gasteiger partial charge in [-0.25, -0.2) is 9.97 Å². The minimum atomic E-state index is 0.0473. The fourth-order valence-electron chi connectivity index (χ4n) is 1.94. The topological polar surface area (TPSA) is 104 Å². The van der Waals surface area contributed by atoms with Crippen LogP contribution in [0.3, 0.4) is 0 Å². The third-order valence-electron chi connectivity index (χ3n) is 2.84. The van der Waals surface area contributed by atoms with Crippen LogP contribution in [0.2, 0.25) is 0 Å². The fourth-order valence-corrected chi connectivity index (χ4v) is 2.90. The first-order valence-electron chi connectivity index (χ1n) is 5.73. The van der Waals surface area contributed by atoms with Crippen LogP contribution in [0.4, 0.5) is 5.95 Å². The monoisotopic (exact) mass is 280 g/mol. The zero-order valence-electron chi connectivity index (χ0n) is 10.2. The first-order valence-corrected chi connectivity index (χ1v) is 6.55. The predicted octanol–water partition coefficient (Wildman–Crippen LogP) is 1.87. The minimum Gasteiger partial charge on any atom is -0.369 e. The number of nitriles is 2. The van der Waals surface area contributed by atoms with Crippen LogP contribution in [0.15, 0.2) is 24.3 Å². The molecule has 2 heterocycles. The number of hydrogen-bond donors (Lipinski definition) is 1. The van der Waals surface area contributed by atoms with Gasteiger partial charge >= 0.3 is 0 Å². The highest BCUT2D eigenvalue weighted by Crippen LogP contribution is 2.24. The molecule has 0 unspecified atom stereocenters. The number of nitrogens with two attached hydrogens (primary N) is 1. The number of rotatable bonds is 2. The van der Waals surface area contributed by atoms with Gasteiger partial charge in [-0.2, -0.15) is 10.5 Å². The standard InChI is InChI=1S/C13H8N6S/c14-5-9-10(6-15)19(13(16)18-9)7-12-17-8-3-1-2-4-11(8)20-12/h1-4H,7H2,(H2,16,18). The Balaban J connectivity index is 2.05. The van der Waals surface area contributed by atoms with Crippen LogP contribution in [0, 0.1) is 22.7 Å². The van der Waals surface area contributed by atoms with Crippen molar-refractivity contribution < 1.29 is 0 Å². The van der Waals surface area contributed by atoms with Crippen LogP contribution in [-0.4, -0.2) is 14.5 Å². The molecule has 3 rings (SSSR count). The second kappa shape index (κ2) is 4.65. The summed E-state index contributed by atoms with van der Waals surface area (Å²) in [4.78, 5) is 8.37. The molecule has 0 aliphatic heterocycles. The number of fused-ring (bicyclic) bond motifs is 1. The van der Waals surface area contributed by atoms with Crippen molar-refractivity contribution in [3.8, 4) is 12.1 Å². The molecule has 0 saturated carbocycles. The van der Waals surface area contributed by atoms with Gasteiger partial charge in [0, 0.05) is 0 Å². The Morgan fingerprint density at radius 3 is 2.70 bits per heavy atom. The van der Waals surface area contributed by atoms with Crippen molar-refractivity contribution in [2.24, 2.45) is 0 Å². The van der Waals surface area contributed by atoms with Crippen molar-refractivity contribution in [3.63, 3.8) is 0 Å². The normalized spacial score (nSPS) is 10.3. The Hall–Kier alpha value is -2.90. The summed E-state index contributed by atoms with van der Waals surface area (Å²) in [6.45, 7) is 0.336. The molecule has 0 bridgehead atoms. The van der Waals surface area contributed by atoms with E-state index in [9.17, 15) is 0 Å². The predicted molar refractivity (Wildman–Crippen MR) is 74.8 cm³/mol. The van der Waals surface area contributed by atoms with Gasteiger partial charge in [0.1, 0.15) is 17.1 Å². The van der Waals surface area contributed by atoms with Gasteiger partial charge in [0.25, 0.3) is 0 Å². The third-order valence-corrected chi connectivity index (χ3v) is 3.86. The maximum absolute atomic E-state index is 9.13. The summed E-state index contributed by atoms with van der Waals surface area (Å²) < 4.78 is 2.58. The number of nitrogen functional groups attached to an aromatic ring is 1. The summed E-state index contributed by atoms with van der Waals surface area (Å²) in [7, 11) is 0. The van der Waals surface area contributed by atoms with Gasteiger partial charge < -0.3 is 5.73 Å². The molecule has 0 saturated heterocycles. The molecule has 7 heteroatoms. The molecule has 0 aliphatic carbocycles. The molecule has 3 aromatic rings. The van der Waals surface area contributed by atoms with E-state index in [1.165, 1.54) is 15.9 Å². The lowest BCUT2D eigenvalue weighted by Gasteiger charge is -2.02. The van der Waals surface area contributed by atoms with Crippen molar-refractivity contribution in [2.75, 3.05) is 5.73 Å². The zero-order valence-corrected chi connectivity index (χ0v) is 11.1. The van der Waals surface area contributed by atoms with Gasteiger partial charge in [-0.1, -0.05) is 12.1 Å². The summed E-state index contributed by atoms with van der Waals surface area (Å²) in [6.07, 6.45) is 0. The first-order chi connectivity index (χ1) is 9.72. The molecule has 0 amide bonds. The van der Waals surface area contributed by atoms with Crippen LogP contribution < -0.4 is 5.73 Å². The number of benzene rings is 1. The van der Waals surface area contributed by atoms with Gasteiger partial charge in [-0.3, -0.25) is 4.57 Å². The number of hydrogen-bond acceptors (Lipinski definition) is 6. The lowest BCUT2D eigenvalue weighted by molar-refractivity contribution is 0.794. The van der Waals surface area contributed by atoms with Crippen LogP contribution in [-0.2, 0) is 6.54 Å². The van der Waals surface area contributed by atoms with Crippen molar-refractivity contribution in [1.29, 1.82) is 10.5 Å². The summed E-state index contributed by atoms with van der Waals surface area (Å²) in [6, 6.07) is 11.6. The molecule has 20 heavy (non-hydrogen) atoms. The molecule has 2 aromatic heterocycles. The summed E-state index contributed by atoms with van der Waals surface area (Å²) in [5.74, 6) is 0.150. The number of aromatic nitrogens is 3. The second-order valence-electron chi connectivity index (χ2n) is 4.05. The van der Waals surface area contributed by atoms with Crippen LogP contribution in [0.5, 0.6) is 0 Å². The number of para-hydroxylation sites is 1. The third kappa shape index (κ3) is 1.87. The highest BCUT2D eigenvalue weighted by Gasteiger charge is 2.16. The van der Waals surface area contributed by atoms with E-state index in [1.807, 2.05) is 36.4 Å². The Bertz CT molecular complexity index is 844. The van der Waals surface area contributed by atoms with Crippen LogP contribution in [0.25, 0.3) is 10.2 Å². The molecule has 1 aromatic carbocycles. The lowest BCUT2D eigenvalue weighted by Crippen LogP contribution is -2.06. The van der Waals surface area contributed by atoms with E-state index in [4.69, 9.17) is 16.3 Å². The highest BCUT2D eigenvalue weighted by atomic mass is 32.1. The number of thiazole rings is 1. The number of anilines is 1. The van der Waals surface area contributed by atoms with E-state index in [0.29, 0.717) is 6.54 Å². The average Bonchev–Trinajstić information content (AvgIpc) is 3.00. The van der Waals surface area contributed by atoms with Gasteiger partial charge in [0.05, 0.1) is 16.8 Å². The number of nitrogens with zero attached hydrogens (tertiary/aromatic N) is 5. The van der Waals surface area contributed by atoms with Gasteiger partial charge in [0.15, 0.2) is 11.4 Å². The summed E-state index contributed by atoms with van der Waals surface area (Å²) in [5.41, 5.74) is 6.89. The maximum atomic E-state index is 9.13. The Kier molecular flexibility index (Phi) is 2.82. The molecule has 0 aliphatic rings. The first kappa shape index (κ1) is 12.2. The van der Waals surface area contributed by atoms with Crippen molar-refractivity contribution >= 4 is 27.5 Å². The van der Waals surface area contributed by atoms with E-state index in [0.717, 1.165) is 15.2 Å². The molecule has 0 fully saturated rings. The Labute approximate surface area is 118 Å². The fraction of sp³-hybridized carbons (Fsp3) is 0.0769.